The second kappa shape index (κ2) is 7.12. The molecule has 21 heavy (non-hydrogen) atoms. The number of likely N-dealkylation sites (tertiary alicyclic amines) is 1. The van der Waals surface area contributed by atoms with Gasteiger partial charge in [-0.3, -0.25) is 9.58 Å². The standard InChI is InChI=1S/C16H28ClN3O/c1-4-9-20-14(13(17)12-18-20)15(21)16(2,3)19-10-7-5-6-8-11-19/h12,15,21H,4-11H2,1-3H3. The molecule has 1 saturated heterocycles. The van der Waals surface area contributed by atoms with Crippen molar-refractivity contribution >= 4 is 11.6 Å². The summed E-state index contributed by atoms with van der Waals surface area (Å²) in [4.78, 5) is 2.41. The third-order valence-electron chi connectivity index (χ3n) is 4.62. The van der Waals surface area contributed by atoms with Crippen molar-refractivity contribution in [1.29, 1.82) is 0 Å². The van der Waals surface area contributed by atoms with Gasteiger partial charge in [-0.2, -0.15) is 5.10 Å². The van der Waals surface area contributed by atoms with Crippen LogP contribution in [0.3, 0.4) is 0 Å². The second-order valence-electron chi connectivity index (χ2n) is 6.56. The zero-order chi connectivity index (χ0) is 15.5. The highest BCUT2D eigenvalue weighted by molar-refractivity contribution is 6.31. The first kappa shape index (κ1) is 16.8. The molecule has 2 heterocycles. The van der Waals surface area contributed by atoms with Gasteiger partial charge < -0.3 is 5.11 Å². The first-order chi connectivity index (χ1) is 9.98. The van der Waals surface area contributed by atoms with Crippen LogP contribution in [0.5, 0.6) is 0 Å². The van der Waals surface area contributed by atoms with Gasteiger partial charge in [0.15, 0.2) is 0 Å². The Kier molecular flexibility index (Phi) is 5.69. The van der Waals surface area contributed by atoms with E-state index in [0.717, 1.165) is 31.7 Å². The molecule has 0 amide bonds. The molecule has 1 aromatic heterocycles. The van der Waals surface area contributed by atoms with Gasteiger partial charge in [0.2, 0.25) is 0 Å². The number of hydrogen-bond donors (Lipinski definition) is 1. The van der Waals surface area contributed by atoms with Crippen molar-refractivity contribution in [3.63, 3.8) is 0 Å². The van der Waals surface area contributed by atoms with Crippen LogP contribution in [0.4, 0.5) is 0 Å². The van der Waals surface area contributed by atoms with Gasteiger partial charge >= 0.3 is 0 Å². The molecule has 120 valence electrons. The van der Waals surface area contributed by atoms with Crippen molar-refractivity contribution in [2.24, 2.45) is 0 Å². The highest BCUT2D eigenvalue weighted by atomic mass is 35.5. The Labute approximate surface area is 133 Å². The van der Waals surface area contributed by atoms with Crippen molar-refractivity contribution in [3.05, 3.63) is 16.9 Å². The van der Waals surface area contributed by atoms with Gasteiger partial charge in [0.25, 0.3) is 0 Å². The van der Waals surface area contributed by atoms with Crippen LogP contribution in [0.25, 0.3) is 0 Å². The fraction of sp³-hybridized carbons (Fsp3) is 0.812. The molecule has 2 rings (SSSR count). The molecular formula is C16H28ClN3O. The molecule has 1 aliphatic heterocycles. The van der Waals surface area contributed by atoms with Crippen LogP contribution in [0.1, 0.15) is 64.7 Å². The number of aliphatic hydroxyl groups excluding tert-OH is 1. The lowest BCUT2D eigenvalue weighted by molar-refractivity contribution is -0.0147. The topological polar surface area (TPSA) is 41.3 Å². The number of halogens is 1. The van der Waals surface area contributed by atoms with Crippen molar-refractivity contribution in [2.75, 3.05) is 13.1 Å². The van der Waals surface area contributed by atoms with E-state index in [-0.39, 0.29) is 5.54 Å². The van der Waals surface area contributed by atoms with E-state index in [9.17, 15) is 5.11 Å². The summed E-state index contributed by atoms with van der Waals surface area (Å²) in [6, 6.07) is 0. The molecule has 0 aliphatic carbocycles. The Balaban J connectivity index is 2.24. The summed E-state index contributed by atoms with van der Waals surface area (Å²) in [5.74, 6) is 0. The van der Waals surface area contributed by atoms with Crippen LogP contribution in [0, 0.1) is 0 Å². The first-order valence-corrected chi connectivity index (χ1v) is 8.50. The quantitative estimate of drug-likeness (QED) is 0.902. The third kappa shape index (κ3) is 3.61. The number of aliphatic hydroxyl groups is 1. The molecule has 0 spiro atoms. The van der Waals surface area contributed by atoms with E-state index in [4.69, 9.17) is 11.6 Å². The zero-order valence-electron chi connectivity index (χ0n) is 13.5. The molecular weight excluding hydrogens is 286 g/mol. The summed E-state index contributed by atoms with van der Waals surface area (Å²) in [5.41, 5.74) is 0.423. The van der Waals surface area contributed by atoms with Crippen LogP contribution in [-0.2, 0) is 6.54 Å². The number of aromatic nitrogens is 2. The van der Waals surface area contributed by atoms with E-state index in [1.54, 1.807) is 6.20 Å². The summed E-state index contributed by atoms with van der Waals surface area (Å²) >= 11 is 6.29. The lowest BCUT2D eigenvalue weighted by Crippen LogP contribution is -2.49. The average Bonchev–Trinajstić information content (AvgIpc) is 2.68. The molecule has 1 aromatic rings. The summed E-state index contributed by atoms with van der Waals surface area (Å²) in [6.45, 7) is 9.21. The minimum Gasteiger partial charge on any atom is -0.385 e. The SMILES string of the molecule is CCCn1ncc(Cl)c1C(O)C(C)(C)N1CCCCCC1. The van der Waals surface area contributed by atoms with Crippen molar-refractivity contribution in [3.8, 4) is 0 Å². The molecule has 0 aromatic carbocycles. The number of aryl methyl sites for hydroxylation is 1. The predicted molar refractivity (Wildman–Crippen MR) is 86.6 cm³/mol. The molecule has 4 nitrogen and oxygen atoms in total. The van der Waals surface area contributed by atoms with E-state index in [1.165, 1.54) is 25.7 Å². The number of nitrogens with zero attached hydrogens (tertiary/aromatic N) is 3. The Morgan fingerprint density at radius 1 is 1.29 bits per heavy atom. The van der Waals surface area contributed by atoms with E-state index in [1.807, 2.05) is 4.68 Å². The van der Waals surface area contributed by atoms with Crippen LogP contribution >= 0.6 is 11.6 Å². The van der Waals surface area contributed by atoms with E-state index < -0.39 is 6.10 Å². The molecule has 1 fully saturated rings. The molecule has 1 N–H and O–H groups in total. The predicted octanol–water partition coefficient (Wildman–Crippen LogP) is 3.63. The van der Waals surface area contributed by atoms with E-state index in [2.05, 4.69) is 30.8 Å². The highest BCUT2D eigenvalue weighted by Crippen LogP contribution is 2.35. The van der Waals surface area contributed by atoms with Gasteiger partial charge in [0, 0.05) is 12.1 Å². The monoisotopic (exact) mass is 313 g/mol. The van der Waals surface area contributed by atoms with Crippen LogP contribution in [0.2, 0.25) is 5.02 Å². The Hall–Kier alpha value is -0.580. The summed E-state index contributed by atoms with van der Waals surface area (Å²) in [7, 11) is 0. The number of hydrogen-bond acceptors (Lipinski definition) is 3. The van der Waals surface area contributed by atoms with Crippen molar-refractivity contribution < 1.29 is 5.11 Å². The fourth-order valence-electron chi connectivity index (χ4n) is 3.19. The maximum atomic E-state index is 11.0. The maximum absolute atomic E-state index is 11.0. The minimum atomic E-state index is -0.628. The largest absolute Gasteiger partial charge is 0.385 e. The second-order valence-corrected chi connectivity index (χ2v) is 6.97. The van der Waals surface area contributed by atoms with Gasteiger partial charge in [-0.1, -0.05) is 31.4 Å². The average molecular weight is 314 g/mol. The molecule has 0 radical (unpaired) electrons. The van der Waals surface area contributed by atoms with E-state index >= 15 is 0 Å². The first-order valence-electron chi connectivity index (χ1n) is 8.12. The van der Waals surface area contributed by atoms with Gasteiger partial charge in [-0.15, -0.1) is 0 Å². The molecule has 5 heteroatoms. The molecule has 0 saturated carbocycles. The Bertz CT molecular complexity index is 450. The minimum absolute atomic E-state index is 0.334. The molecule has 1 aliphatic rings. The third-order valence-corrected chi connectivity index (χ3v) is 4.91. The van der Waals surface area contributed by atoms with Gasteiger partial charge in [0.1, 0.15) is 6.10 Å². The summed E-state index contributed by atoms with van der Waals surface area (Å²) in [5, 5.41) is 15.9. The Morgan fingerprint density at radius 3 is 2.48 bits per heavy atom. The molecule has 1 atom stereocenters. The van der Waals surface area contributed by atoms with Crippen LogP contribution in [-0.4, -0.2) is 38.4 Å². The maximum Gasteiger partial charge on any atom is 0.115 e. The highest BCUT2D eigenvalue weighted by Gasteiger charge is 2.38. The van der Waals surface area contributed by atoms with Gasteiger partial charge in [-0.05, 0) is 46.2 Å². The number of rotatable bonds is 5. The fourth-order valence-corrected chi connectivity index (χ4v) is 3.43. The summed E-state index contributed by atoms with van der Waals surface area (Å²) < 4.78 is 1.85. The van der Waals surface area contributed by atoms with Gasteiger partial charge in [0.05, 0.1) is 16.9 Å². The lowest BCUT2D eigenvalue weighted by atomic mass is 9.92. The van der Waals surface area contributed by atoms with E-state index in [0.29, 0.717) is 5.02 Å². The molecule has 0 bridgehead atoms. The van der Waals surface area contributed by atoms with Crippen molar-refractivity contribution in [2.45, 2.75) is 71.1 Å². The molecule has 1 unspecified atom stereocenters. The lowest BCUT2D eigenvalue weighted by Gasteiger charge is -2.41. The van der Waals surface area contributed by atoms with Crippen LogP contribution < -0.4 is 0 Å². The van der Waals surface area contributed by atoms with Gasteiger partial charge in [-0.25, -0.2) is 0 Å². The normalized spacial score (nSPS) is 19.5. The van der Waals surface area contributed by atoms with Crippen LogP contribution in [0.15, 0.2) is 6.20 Å². The van der Waals surface area contributed by atoms with Crippen molar-refractivity contribution in [1.82, 2.24) is 14.7 Å². The zero-order valence-corrected chi connectivity index (χ0v) is 14.2. The Morgan fingerprint density at radius 2 is 1.90 bits per heavy atom. The smallest absolute Gasteiger partial charge is 0.115 e. The summed E-state index contributed by atoms with van der Waals surface area (Å²) in [6.07, 6.45) is 6.98.